The lowest BCUT2D eigenvalue weighted by atomic mass is 9.96. The average molecular weight is 392 g/mol. The van der Waals surface area contributed by atoms with Crippen molar-refractivity contribution in [2.24, 2.45) is 0 Å². The summed E-state index contributed by atoms with van der Waals surface area (Å²) in [7, 11) is 0. The fraction of sp³-hybridized carbons (Fsp3) is 0.222. The zero-order chi connectivity index (χ0) is 14.5. The predicted molar refractivity (Wildman–Crippen MR) is 93.2 cm³/mol. The summed E-state index contributed by atoms with van der Waals surface area (Å²) in [4.78, 5) is 0. The zero-order valence-corrected chi connectivity index (χ0v) is 13.8. The molecular formula is C18H17IO2. The second-order valence-electron chi connectivity index (χ2n) is 4.94. The molecule has 1 fully saturated rings. The summed E-state index contributed by atoms with van der Waals surface area (Å²) < 4.78 is 12.5. The van der Waals surface area contributed by atoms with Crippen LogP contribution in [0, 0.1) is 3.57 Å². The monoisotopic (exact) mass is 392 g/mol. The average Bonchev–Trinajstić information content (AvgIpc) is 2.55. The van der Waals surface area contributed by atoms with Gasteiger partial charge in [0.25, 0.3) is 0 Å². The van der Waals surface area contributed by atoms with E-state index in [1.165, 1.54) is 20.3 Å². The van der Waals surface area contributed by atoms with Crippen molar-refractivity contribution in [3.63, 3.8) is 0 Å². The number of halogens is 1. The van der Waals surface area contributed by atoms with Crippen LogP contribution in [0.25, 0.3) is 5.57 Å². The molecule has 3 rings (SSSR count). The molecule has 3 heteroatoms. The van der Waals surface area contributed by atoms with Crippen LogP contribution in [0.15, 0.2) is 60.7 Å². The van der Waals surface area contributed by atoms with E-state index >= 15 is 0 Å². The first kappa shape index (κ1) is 14.8. The molecule has 108 valence electrons. The van der Waals surface area contributed by atoms with Gasteiger partial charge >= 0.3 is 0 Å². The van der Waals surface area contributed by atoms with E-state index < -0.39 is 0 Å². The topological polar surface area (TPSA) is 18.5 Å². The van der Waals surface area contributed by atoms with Gasteiger partial charge in [0.15, 0.2) is 0 Å². The van der Waals surface area contributed by atoms with Crippen LogP contribution in [-0.2, 0) is 9.47 Å². The quantitative estimate of drug-likeness (QED) is 0.732. The van der Waals surface area contributed by atoms with Crippen LogP contribution in [-0.4, -0.2) is 25.9 Å². The zero-order valence-electron chi connectivity index (χ0n) is 11.7. The van der Waals surface area contributed by atoms with Crippen LogP contribution >= 0.6 is 22.6 Å². The van der Waals surface area contributed by atoms with Gasteiger partial charge in [0, 0.05) is 3.57 Å². The van der Waals surface area contributed by atoms with Crippen molar-refractivity contribution < 1.29 is 9.47 Å². The van der Waals surface area contributed by atoms with Crippen molar-refractivity contribution in [3.8, 4) is 0 Å². The SMILES string of the molecule is Ic1ccc(/C(=C\C2COCCO2)c2ccccc2)cc1. The lowest BCUT2D eigenvalue weighted by molar-refractivity contribution is -0.0673. The maximum atomic E-state index is 5.77. The number of hydrogen-bond acceptors (Lipinski definition) is 2. The third-order valence-electron chi connectivity index (χ3n) is 3.43. The van der Waals surface area contributed by atoms with Crippen LogP contribution in [0.5, 0.6) is 0 Å². The van der Waals surface area contributed by atoms with Crippen molar-refractivity contribution in [1.29, 1.82) is 0 Å². The van der Waals surface area contributed by atoms with Crippen molar-refractivity contribution in [1.82, 2.24) is 0 Å². The highest BCUT2D eigenvalue weighted by molar-refractivity contribution is 14.1. The Morgan fingerprint density at radius 1 is 0.952 bits per heavy atom. The molecule has 0 saturated carbocycles. The van der Waals surface area contributed by atoms with Gasteiger partial charge in [-0.05, 0) is 57.5 Å². The molecule has 1 heterocycles. The molecule has 2 aromatic rings. The van der Waals surface area contributed by atoms with Gasteiger partial charge in [-0.15, -0.1) is 0 Å². The van der Waals surface area contributed by atoms with E-state index in [1.54, 1.807) is 0 Å². The highest BCUT2D eigenvalue weighted by atomic mass is 127. The molecule has 0 spiro atoms. The van der Waals surface area contributed by atoms with Crippen molar-refractivity contribution in [2.75, 3.05) is 19.8 Å². The lowest BCUT2D eigenvalue weighted by Crippen LogP contribution is -2.27. The molecule has 0 radical (unpaired) electrons. The Balaban J connectivity index is 1.98. The van der Waals surface area contributed by atoms with E-state index in [0.29, 0.717) is 19.8 Å². The second-order valence-corrected chi connectivity index (χ2v) is 6.18. The van der Waals surface area contributed by atoms with E-state index in [4.69, 9.17) is 9.47 Å². The number of ether oxygens (including phenoxy) is 2. The van der Waals surface area contributed by atoms with Crippen molar-refractivity contribution in [2.45, 2.75) is 6.10 Å². The molecular weight excluding hydrogens is 375 g/mol. The largest absolute Gasteiger partial charge is 0.376 e. The molecule has 1 saturated heterocycles. The Labute approximate surface area is 138 Å². The van der Waals surface area contributed by atoms with Crippen LogP contribution in [0.3, 0.4) is 0 Å². The summed E-state index contributed by atoms with van der Waals surface area (Å²) in [6.07, 6.45) is 2.20. The summed E-state index contributed by atoms with van der Waals surface area (Å²) in [5.41, 5.74) is 3.60. The summed E-state index contributed by atoms with van der Waals surface area (Å²) in [5, 5.41) is 0. The minimum atomic E-state index is 0.0215. The number of rotatable bonds is 3. The smallest absolute Gasteiger partial charge is 0.0999 e. The first-order valence-electron chi connectivity index (χ1n) is 7.05. The van der Waals surface area contributed by atoms with Crippen LogP contribution in [0.1, 0.15) is 11.1 Å². The molecule has 1 aliphatic rings. The molecule has 1 atom stereocenters. The van der Waals surface area contributed by atoms with E-state index in [0.717, 1.165) is 0 Å². The molecule has 0 N–H and O–H groups in total. The second kappa shape index (κ2) is 7.20. The Hall–Kier alpha value is -1.17. The summed E-state index contributed by atoms with van der Waals surface area (Å²) in [5.74, 6) is 0. The summed E-state index contributed by atoms with van der Waals surface area (Å²) in [6, 6.07) is 19.0. The molecule has 2 aromatic carbocycles. The van der Waals surface area contributed by atoms with Gasteiger partial charge in [0.1, 0.15) is 0 Å². The third-order valence-corrected chi connectivity index (χ3v) is 4.15. The fourth-order valence-electron chi connectivity index (χ4n) is 2.39. The predicted octanol–water partition coefficient (Wildman–Crippen LogP) is 4.14. The molecule has 0 aliphatic carbocycles. The van der Waals surface area contributed by atoms with Gasteiger partial charge in [-0.3, -0.25) is 0 Å². The first-order chi connectivity index (χ1) is 10.3. The Kier molecular flexibility index (Phi) is 5.06. The highest BCUT2D eigenvalue weighted by Gasteiger charge is 2.14. The molecule has 1 aliphatic heterocycles. The third kappa shape index (κ3) is 3.93. The van der Waals surface area contributed by atoms with Crippen LogP contribution < -0.4 is 0 Å². The molecule has 0 bridgehead atoms. The Bertz CT molecular complexity index is 599. The fourth-order valence-corrected chi connectivity index (χ4v) is 2.75. The molecule has 0 amide bonds. The standard InChI is InChI=1S/C18H17IO2/c19-16-8-6-15(7-9-16)18(14-4-2-1-3-5-14)12-17-13-20-10-11-21-17/h1-9,12,17H,10-11,13H2/b18-12-. The van der Waals surface area contributed by atoms with Gasteiger partial charge in [-0.1, -0.05) is 42.5 Å². The first-order valence-corrected chi connectivity index (χ1v) is 8.13. The normalized spacial score (nSPS) is 19.5. The molecule has 21 heavy (non-hydrogen) atoms. The highest BCUT2D eigenvalue weighted by Crippen LogP contribution is 2.25. The van der Waals surface area contributed by atoms with Gasteiger partial charge in [0.2, 0.25) is 0 Å². The minimum absolute atomic E-state index is 0.0215. The Morgan fingerprint density at radius 3 is 2.33 bits per heavy atom. The maximum Gasteiger partial charge on any atom is 0.0999 e. The lowest BCUT2D eigenvalue weighted by Gasteiger charge is -2.21. The number of hydrogen-bond donors (Lipinski definition) is 0. The number of benzene rings is 2. The van der Waals surface area contributed by atoms with E-state index in [-0.39, 0.29) is 6.10 Å². The van der Waals surface area contributed by atoms with E-state index in [2.05, 4.69) is 77.2 Å². The van der Waals surface area contributed by atoms with Crippen molar-refractivity contribution >= 4 is 28.2 Å². The van der Waals surface area contributed by atoms with Crippen molar-refractivity contribution in [3.05, 3.63) is 75.4 Å². The summed E-state index contributed by atoms with van der Waals surface area (Å²) in [6.45, 7) is 1.98. The molecule has 0 aromatic heterocycles. The molecule has 2 nitrogen and oxygen atoms in total. The van der Waals surface area contributed by atoms with Crippen LogP contribution in [0.4, 0.5) is 0 Å². The van der Waals surface area contributed by atoms with Gasteiger partial charge in [-0.2, -0.15) is 0 Å². The minimum Gasteiger partial charge on any atom is -0.376 e. The van der Waals surface area contributed by atoms with Gasteiger partial charge < -0.3 is 9.47 Å². The Morgan fingerprint density at radius 2 is 1.67 bits per heavy atom. The molecule has 1 unspecified atom stereocenters. The van der Waals surface area contributed by atoms with Gasteiger partial charge in [0.05, 0.1) is 25.9 Å². The summed E-state index contributed by atoms with van der Waals surface area (Å²) >= 11 is 2.33. The van der Waals surface area contributed by atoms with E-state index in [9.17, 15) is 0 Å². The maximum absolute atomic E-state index is 5.77. The van der Waals surface area contributed by atoms with Crippen LogP contribution in [0.2, 0.25) is 0 Å². The van der Waals surface area contributed by atoms with E-state index in [1.807, 2.05) is 6.07 Å². The van der Waals surface area contributed by atoms with Gasteiger partial charge in [-0.25, -0.2) is 0 Å².